The van der Waals surface area contributed by atoms with E-state index in [9.17, 15) is 9.18 Å². The molecule has 1 amide bonds. The quantitative estimate of drug-likeness (QED) is 0.928. The Morgan fingerprint density at radius 3 is 3.00 bits per heavy atom. The average Bonchev–Trinajstić information content (AvgIpc) is 2.90. The molecule has 1 aliphatic heterocycles. The van der Waals surface area contributed by atoms with E-state index < -0.39 is 6.04 Å². The number of halogens is 1. The fourth-order valence-corrected chi connectivity index (χ4v) is 2.86. The van der Waals surface area contributed by atoms with E-state index in [1.54, 1.807) is 19.4 Å². The number of primary amides is 1. The zero-order valence-corrected chi connectivity index (χ0v) is 11.6. The first-order chi connectivity index (χ1) is 10.1. The molecule has 1 aromatic heterocycles. The van der Waals surface area contributed by atoms with E-state index in [2.05, 4.69) is 4.98 Å². The summed E-state index contributed by atoms with van der Waals surface area (Å²) in [5.41, 5.74) is 6.87. The molecule has 2 atom stereocenters. The zero-order valence-electron chi connectivity index (χ0n) is 11.6. The van der Waals surface area contributed by atoms with Gasteiger partial charge in [-0.3, -0.25) is 9.78 Å². The molecule has 0 unspecified atom stereocenters. The Morgan fingerprint density at radius 2 is 2.29 bits per heavy atom. The number of hydrogen-bond donors (Lipinski definition) is 1. The third-order valence-corrected chi connectivity index (χ3v) is 3.92. The van der Waals surface area contributed by atoms with Crippen molar-refractivity contribution in [2.24, 2.45) is 5.73 Å². The normalized spacial score (nSPS) is 21.9. The highest BCUT2D eigenvalue weighted by Crippen LogP contribution is 2.32. The second kappa shape index (κ2) is 5.29. The number of carbonyl (C=O) groups is 1. The van der Waals surface area contributed by atoms with Crippen LogP contribution < -0.4 is 10.6 Å². The van der Waals surface area contributed by atoms with E-state index in [0.29, 0.717) is 18.5 Å². The van der Waals surface area contributed by atoms with Crippen molar-refractivity contribution in [2.75, 3.05) is 18.6 Å². The van der Waals surface area contributed by atoms with Gasteiger partial charge in [-0.2, -0.15) is 0 Å². The molecule has 1 saturated heterocycles. The van der Waals surface area contributed by atoms with Crippen molar-refractivity contribution < 1.29 is 13.9 Å². The summed E-state index contributed by atoms with van der Waals surface area (Å²) in [6.45, 7) is 0.570. The summed E-state index contributed by atoms with van der Waals surface area (Å²) in [4.78, 5) is 17.8. The van der Waals surface area contributed by atoms with E-state index >= 15 is 0 Å². The Bertz CT molecular complexity index is 692. The summed E-state index contributed by atoms with van der Waals surface area (Å²) in [6, 6.07) is 5.82. The van der Waals surface area contributed by atoms with E-state index in [1.807, 2.05) is 11.0 Å². The summed E-state index contributed by atoms with van der Waals surface area (Å²) >= 11 is 0. The molecule has 0 bridgehead atoms. The van der Waals surface area contributed by atoms with Crippen molar-refractivity contribution in [1.29, 1.82) is 0 Å². The Labute approximate surface area is 121 Å². The van der Waals surface area contributed by atoms with Crippen molar-refractivity contribution >= 4 is 22.5 Å². The SMILES string of the molecule is CO[C@H]1C[C@@H](C(N)=O)N(c2ccnc3cc(F)ccc23)C1. The summed E-state index contributed by atoms with van der Waals surface area (Å²) in [7, 11) is 1.62. The van der Waals surface area contributed by atoms with Crippen LogP contribution in [0.4, 0.5) is 10.1 Å². The predicted molar refractivity (Wildman–Crippen MR) is 77.4 cm³/mol. The third-order valence-electron chi connectivity index (χ3n) is 3.92. The van der Waals surface area contributed by atoms with Crippen LogP contribution in [0.1, 0.15) is 6.42 Å². The van der Waals surface area contributed by atoms with Gasteiger partial charge in [-0.05, 0) is 18.2 Å². The maximum atomic E-state index is 13.3. The fraction of sp³-hybridized carbons (Fsp3) is 0.333. The number of anilines is 1. The van der Waals surface area contributed by atoms with Crippen LogP contribution in [0.2, 0.25) is 0 Å². The van der Waals surface area contributed by atoms with Crippen LogP contribution in [0.25, 0.3) is 10.9 Å². The lowest BCUT2D eigenvalue weighted by atomic mass is 10.1. The molecule has 1 aliphatic rings. The third kappa shape index (κ3) is 2.42. The van der Waals surface area contributed by atoms with Gasteiger partial charge in [-0.1, -0.05) is 0 Å². The maximum absolute atomic E-state index is 13.3. The van der Waals surface area contributed by atoms with Gasteiger partial charge in [0.15, 0.2) is 0 Å². The van der Waals surface area contributed by atoms with E-state index in [0.717, 1.165) is 11.1 Å². The van der Waals surface area contributed by atoms with E-state index in [1.165, 1.54) is 12.1 Å². The average molecular weight is 289 g/mol. The molecule has 5 nitrogen and oxygen atoms in total. The molecule has 1 fully saturated rings. The summed E-state index contributed by atoms with van der Waals surface area (Å²) in [6.07, 6.45) is 2.11. The lowest BCUT2D eigenvalue weighted by molar-refractivity contribution is -0.119. The first-order valence-corrected chi connectivity index (χ1v) is 6.73. The molecule has 2 N–H and O–H groups in total. The van der Waals surface area contributed by atoms with Crippen LogP contribution >= 0.6 is 0 Å². The smallest absolute Gasteiger partial charge is 0.240 e. The minimum absolute atomic E-state index is 0.0498. The highest BCUT2D eigenvalue weighted by molar-refractivity contribution is 5.94. The van der Waals surface area contributed by atoms with Crippen LogP contribution in [0.15, 0.2) is 30.5 Å². The summed E-state index contributed by atoms with van der Waals surface area (Å²) in [5.74, 6) is -0.726. The van der Waals surface area contributed by atoms with Crippen molar-refractivity contribution in [3.8, 4) is 0 Å². The van der Waals surface area contributed by atoms with E-state index in [-0.39, 0.29) is 17.8 Å². The Hall–Kier alpha value is -2.21. The molecule has 2 aromatic rings. The highest BCUT2D eigenvalue weighted by atomic mass is 19.1. The van der Waals surface area contributed by atoms with Crippen molar-refractivity contribution in [1.82, 2.24) is 4.98 Å². The summed E-state index contributed by atoms with van der Waals surface area (Å²) < 4.78 is 18.7. The minimum Gasteiger partial charge on any atom is -0.380 e. The molecule has 0 aliphatic carbocycles. The molecule has 2 heterocycles. The Kier molecular flexibility index (Phi) is 3.47. The number of rotatable bonds is 3. The van der Waals surface area contributed by atoms with Crippen LogP contribution in [-0.2, 0) is 9.53 Å². The number of aromatic nitrogens is 1. The minimum atomic E-state index is -0.425. The fourth-order valence-electron chi connectivity index (χ4n) is 2.86. The number of ether oxygens (including phenoxy) is 1. The molecule has 110 valence electrons. The van der Waals surface area contributed by atoms with Crippen LogP contribution in [0.5, 0.6) is 0 Å². The summed E-state index contributed by atoms with van der Waals surface area (Å²) in [5, 5.41) is 0.793. The number of methoxy groups -OCH3 is 1. The predicted octanol–water partition coefficient (Wildman–Crippen LogP) is 1.45. The van der Waals surface area contributed by atoms with Gasteiger partial charge in [0, 0.05) is 43.4 Å². The number of amides is 1. The molecule has 21 heavy (non-hydrogen) atoms. The molecule has 1 aromatic carbocycles. The molecule has 0 saturated carbocycles. The van der Waals surface area contributed by atoms with Crippen molar-refractivity contribution in [2.45, 2.75) is 18.6 Å². The molecule has 3 rings (SSSR count). The van der Waals surface area contributed by atoms with Gasteiger partial charge in [-0.15, -0.1) is 0 Å². The lowest BCUT2D eigenvalue weighted by Gasteiger charge is -2.25. The lowest BCUT2D eigenvalue weighted by Crippen LogP contribution is -2.40. The van der Waals surface area contributed by atoms with Gasteiger partial charge in [0.05, 0.1) is 11.6 Å². The largest absolute Gasteiger partial charge is 0.380 e. The highest BCUT2D eigenvalue weighted by Gasteiger charge is 2.36. The number of hydrogen-bond acceptors (Lipinski definition) is 4. The number of carbonyl (C=O) groups excluding carboxylic acids is 1. The molecule has 6 heteroatoms. The maximum Gasteiger partial charge on any atom is 0.240 e. The standard InChI is InChI=1S/C15H16FN3O2/c1-21-10-7-14(15(17)20)19(8-10)13-4-5-18-12-6-9(16)2-3-11(12)13/h2-6,10,14H,7-8H2,1H3,(H2,17,20)/t10-,14-/m0/s1. The Morgan fingerprint density at radius 1 is 1.48 bits per heavy atom. The Balaban J connectivity index is 2.08. The van der Waals surface area contributed by atoms with E-state index in [4.69, 9.17) is 10.5 Å². The van der Waals surface area contributed by atoms with Gasteiger partial charge in [0.1, 0.15) is 11.9 Å². The monoisotopic (exact) mass is 289 g/mol. The second-order valence-corrected chi connectivity index (χ2v) is 5.16. The van der Waals surface area contributed by atoms with Gasteiger partial charge in [0.2, 0.25) is 5.91 Å². The van der Waals surface area contributed by atoms with Crippen molar-refractivity contribution in [3.05, 3.63) is 36.3 Å². The number of fused-ring (bicyclic) bond motifs is 1. The molecule has 0 radical (unpaired) electrons. The number of nitrogens with zero attached hydrogens (tertiary/aromatic N) is 2. The van der Waals surface area contributed by atoms with Gasteiger partial charge in [-0.25, -0.2) is 4.39 Å². The zero-order chi connectivity index (χ0) is 15.0. The van der Waals surface area contributed by atoms with Crippen LogP contribution in [0, 0.1) is 5.82 Å². The number of nitrogens with two attached hydrogens (primary N) is 1. The van der Waals surface area contributed by atoms with Gasteiger partial charge >= 0.3 is 0 Å². The number of pyridine rings is 1. The van der Waals surface area contributed by atoms with Crippen LogP contribution in [-0.4, -0.2) is 36.7 Å². The molecular weight excluding hydrogens is 273 g/mol. The van der Waals surface area contributed by atoms with Gasteiger partial charge in [0.25, 0.3) is 0 Å². The van der Waals surface area contributed by atoms with Crippen molar-refractivity contribution in [3.63, 3.8) is 0 Å². The van der Waals surface area contributed by atoms with Crippen LogP contribution in [0.3, 0.4) is 0 Å². The molecular formula is C15H16FN3O2. The van der Waals surface area contributed by atoms with Gasteiger partial charge < -0.3 is 15.4 Å². The first-order valence-electron chi connectivity index (χ1n) is 6.73. The first kappa shape index (κ1) is 13.8. The molecule has 0 spiro atoms. The topological polar surface area (TPSA) is 68.5 Å². The number of benzene rings is 1. The second-order valence-electron chi connectivity index (χ2n) is 5.16.